The van der Waals surface area contributed by atoms with Crippen molar-refractivity contribution >= 4 is 17.7 Å². The molecule has 0 radical (unpaired) electrons. The zero-order valence-electron chi connectivity index (χ0n) is 17.4. The number of hydrogen-bond donors (Lipinski definition) is 0. The largest absolute Gasteiger partial charge is 0.339 e. The summed E-state index contributed by atoms with van der Waals surface area (Å²) < 4.78 is 2.09. The van der Waals surface area contributed by atoms with E-state index in [1.807, 2.05) is 11.0 Å². The van der Waals surface area contributed by atoms with Crippen LogP contribution in [0, 0.1) is 12.8 Å². The average molecular weight is 402 g/mol. The molecule has 7 heteroatoms. The van der Waals surface area contributed by atoms with Gasteiger partial charge in [-0.15, -0.1) is 10.2 Å². The lowest BCUT2D eigenvalue weighted by molar-refractivity contribution is -0.130. The lowest BCUT2D eigenvalue weighted by atomic mass is 10.1. The molecule has 0 saturated carbocycles. The fraction of sp³-hybridized carbons (Fsp3) is 0.571. The van der Waals surface area contributed by atoms with Crippen LogP contribution in [0.3, 0.4) is 0 Å². The number of nitrogens with zero attached hydrogens (tertiary/aromatic N) is 5. The lowest BCUT2D eigenvalue weighted by Crippen LogP contribution is -2.50. The molecule has 0 unspecified atom stereocenters. The number of aromatic nitrogens is 3. The number of amides is 1. The van der Waals surface area contributed by atoms with Gasteiger partial charge in [0.05, 0.1) is 5.75 Å². The average Bonchev–Trinajstić information content (AvgIpc) is 3.09. The van der Waals surface area contributed by atoms with Gasteiger partial charge in [0.15, 0.2) is 11.0 Å². The van der Waals surface area contributed by atoms with Crippen molar-refractivity contribution in [1.82, 2.24) is 24.6 Å². The van der Waals surface area contributed by atoms with Crippen LogP contribution in [0.4, 0.5) is 0 Å². The van der Waals surface area contributed by atoms with E-state index in [0.717, 1.165) is 55.8 Å². The third-order valence-corrected chi connectivity index (χ3v) is 5.93. The van der Waals surface area contributed by atoms with Crippen molar-refractivity contribution in [3.8, 4) is 11.4 Å². The summed E-state index contributed by atoms with van der Waals surface area (Å²) in [7, 11) is 0. The maximum atomic E-state index is 12.7. The summed E-state index contributed by atoms with van der Waals surface area (Å²) >= 11 is 1.49. The summed E-state index contributed by atoms with van der Waals surface area (Å²) in [6.07, 6.45) is 0. The van der Waals surface area contributed by atoms with Crippen LogP contribution in [0.15, 0.2) is 29.4 Å². The zero-order chi connectivity index (χ0) is 20.1. The molecule has 3 rings (SSSR count). The van der Waals surface area contributed by atoms with Gasteiger partial charge in [-0.3, -0.25) is 9.69 Å². The van der Waals surface area contributed by atoms with Gasteiger partial charge in [-0.25, -0.2) is 0 Å². The molecule has 28 heavy (non-hydrogen) atoms. The van der Waals surface area contributed by atoms with Gasteiger partial charge in [-0.2, -0.15) is 0 Å². The van der Waals surface area contributed by atoms with E-state index < -0.39 is 0 Å². The predicted molar refractivity (Wildman–Crippen MR) is 114 cm³/mol. The Labute approximate surface area is 172 Å². The number of piperazine rings is 1. The number of benzene rings is 1. The summed E-state index contributed by atoms with van der Waals surface area (Å²) in [5.74, 6) is 2.14. The molecule has 1 aromatic heterocycles. The first-order valence-electron chi connectivity index (χ1n) is 10.1. The third-order valence-electron chi connectivity index (χ3n) is 4.98. The van der Waals surface area contributed by atoms with Crippen LogP contribution < -0.4 is 0 Å². The van der Waals surface area contributed by atoms with Crippen molar-refractivity contribution in [2.45, 2.75) is 39.4 Å². The van der Waals surface area contributed by atoms with Crippen LogP contribution >= 0.6 is 11.8 Å². The van der Waals surface area contributed by atoms with E-state index in [2.05, 4.69) is 65.6 Å². The summed E-state index contributed by atoms with van der Waals surface area (Å²) in [5, 5.41) is 9.55. The van der Waals surface area contributed by atoms with Gasteiger partial charge in [0.25, 0.3) is 0 Å². The minimum absolute atomic E-state index is 0.192. The SMILES string of the molecule is CCn1c(SCC(=O)N2CCN(CC(C)C)CC2)nnc1-c1cccc(C)c1. The third kappa shape index (κ3) is 5.14. The second kappa shape index (κ2) is 9.56. The number of carbonyl (C=O) groups excluding carboxylic acids is 1. The molecule has 1 saturated heterocycles. The zero-order valence-corrected chi connectivity index (χ0v) is 18.2. The minimum Gasteiger partial charge on any atom is -0.339 e. The summed E-state index contributed by atoms with van der Waals surface area (Å²) in [5.41, 5.74) is 2.26. The van der Waals surface area contributed by atoms with E-state index in [4.69, 9.17) is 0 Å². The minimum atomic E-state index is 0.192. The van der Waals surface area contributed by atoms with E-state index in [1.165, 1.54) is 17.3 Å². The van der Waals surface area contributed by atoms with Crippen molar-refractivity contribution in [2.75, 3.05) is 38.5 Å². The molecule has 1 fully saturated rings. The van der Waals surface area contributed by atoms with Crippen molar-refractivity contribution in [3.63, 3.8) is 0 Å². The van der Waals surface area contributed by atoms with Crippen LogP contribution in [0.1, 0.15) is 26.3 Å². The predicted octanol–water partition coefficient (Wildman–Crippen LogP) is 3.17. The van der Waals surface area contributed by atoms with Crippen molar-refractivity contribution < 1.29 is 4.79 Å². The van der Waals surface area contributed by atoms with Crippen LogP contribution in [0.2, 0.25) is 0 Å². The highest BCUT2D eigenvalue weighted by Gasteiger charge is 2.22. The van der Waals surface area contributed by atoms with Crippen molar-refractivity contribution in [3.05, 3.63) is 29.8 Å². The van der Waals surface area contributed by atoms with Gasteiger partial charge in [0.2, 0.25) is 5.91 Å². The molecule has 0 spiro atoms. The standard InChI is InChI=1S/C21H31N5OS/c1-5-26-20(18-8-6-7-17(4)13-18)22-23-21(26)28-15-19(27)25-11-9-24(10-12-25)14-16(2)3/h6-8,13,16H,5,9-12,14-15H2,1-4H3. The molecule has 152 valence electrons. The second-order valence-electron chi connectivity index (χ2n) is 7.78. The number of hydrogen-bond acceptors (Lipinski definition) is 5. The monoisotopic (exact) mass is 401 g/mol. The molecule has 1 aliphatic heterocycles. The molecule has 0 bridgehead atoms. The molecule has 1 amide bonds. The first kappa shape index (κ1) is 20.9. The van der Waals surface area contributed by atoms with Crippen LogP contribution in [0.25, 0.3) is 11.4 Å². The molecule has 2 aromatic rings. The Morgan fingerprint density at radius 2 is 1.93 bits per heavy atom. The molecule has 1 aliphatic rings. The van der Waals surface area contributed by atoms with Gasteiger partial charge in [-0.1, -0.05) is 49.4 Å². The van der Waals surface area contributed by atoms with E-state index >= 15 is 0 Å². The van der Waals surface area contributed by atoms with Gasteiger partial charge in [0, 0.05) is 44.8 Å². The van der Waals surface area contributed by atoms with Crippen molar-refractivity contribution in [2.24, 2.45) is 5.92 Å². The van der Waals surface area contributed by atoms with Gasteiger partial charge >= 0.3 is 0 Å². The lowest BCUT2D eigenvalue weighted by Gasteiger charge is -2.35. The molecular weight excluding hydrogens is 370 g/mol. The molecule has 0 atom stereocenters. The highest BCUT2D eigenvalue weighted by atomic mass is 32.2. The Morgan fingerprint density at radius 3 is 2.57 bits per heavy atom. The van der Waals surface area contributed by atoms with Crippen LogP contribution in [-0.4, -0.2) is 68.9 Å². The molecule has 0 aliphatic carbocycles. The Bertz CT molecular complexity index is 796. The highest BCUT2D eigenvalue weighted by molar-refractivity contribution is 7.99. The van der Waals surface area contributed by atoms with Crippen LogP contribution in [-0.2, 0) is 11.3 Å². The van der Waals surface area contributed by atoms with Gasteiger partial charge in [0.1, 0.15) is 0 Å². The fourth-order valence-corrected chi connectivity index (χ4v) is 4.50. The van der Waals surface area contributed by atoms with E-state index in [1.54, 1.807) is 0 Å². The highest BCUT2D eigenvalue weighted by Crippen LogP contribution is 2.25. The quantitative estimate of drug-likeness (QED) is 0.667. The molecule has 2 heterocycles. The van der Waals surface area contributed by atoms with Gasteiger partial charge in [-0.05, 0) is 25.8 Å². The Kier molecular flexibility index (Phi) is 7.13. The van der Waals surface area contributed by atoms with Crippen LogP contribution in [0.5, 0.6) is 0 Å². The molecule has 0 N–H and O–H groups in total. The topological polar surface area (TPSA) is 54.3 Å². The maximum Gasteiger partial charge on any atom is 0.233 e. The Morgan fingerprint density at radius 1 is 1.18 bits per heavy atom. The van der Waals surface area contributed by atoms with E-state index in [-0.39, 0.29) is 5.91 Å². The Hall–Kier alpha value is -1.86. The number of carbonyl (C=O) groups is 1. The summed E-state index contributed by atoms with van der Waals surface area (Å²) in [4.78, 5) is 17.1. The number of thioether (sulfide) groups is 1. The first-order valence-corrected chi connectivity index (χ1v) is 11.1. The van der Waals surface area contributed by atoms with E-state index in [0.29, 0.717) is 11.7 Å². The normalized spacial score (nSPS) is 15.4. The number of rotatable bonds is 7. The summed E-state index contributed by atoms with van der Waals surface area (Å²) in [6, 6.07) is 8.28. The fourth-order valence-electron chi connectivity index (χ4n) is 3.59. The molecule has 1 aromatic carbocycles. The molecule has 6 nitrogen and oxygen atoms in total. The maximum absolute atomic E-state index is 12.7. The van der Waals surface area contributed by atoms with Gasteiger partial charge < -0.3 is 9.47 Å². The van der Waals surface area contributed by atoms with E-state index in [9.17, 15) is 4.79 Å². The second-order valence-corrected chi connectivity index (χ2v) is 8.73. The number of aryl methyl sites for hydroxylation is 1. The first-order chi connectivity index (χ1) is 13.5. The Balaban J connectivity index is 1.58. The smallest absolute Gasteiger partial charge is 0.233 e. The van der Waals surface area contributed by atoms with Crippen molar-refractivity contribution in [1.29, 1.82) is 0 Å². The summed E-state index contributed by atoms with van der Waals surface area (Å²) in [6.45, 7) is 14.1. The molecular formula is C21H31N5OS.